The maximum atomic E-state index is 12.7. The van der Waals surface area contributed by atoms with Gasteiger partial charge in [0.25, 0.3) is 0 Å². The topological polar surface area (TPSA) is 50.4 Å². The maximum Gasteiger partial charge on any atom is 0.232 e. The molecule has 0 aliphatic carbocycles. The highest BCUT2D eigenvalue weighted by Crippen LogP contribution is 2.36. The lowest BCUT2D eigenvalue weighted by Crippen LogP contribution is -2.42. The van der Waals surface area contributed by atoms with Gasteiger partial charge in [-0.15, -0.1) is 0 Å². The second-order valence-electron chi connectivity index (χ2n) is 6.11. The quantitative estimate of drug-likeness (QED) is 0.888. The second-order valence-corrected chi connectivity index (χ2v) is 6.11. The van der Waals surface area contributed by atoms with Crippen molar-refractivity contribution in [3.63, 3.8) is 0 Å². The third-order valence-corrected chi connectivity index (χ3v) is 4.69. The Balaban J connectivity index is 1.78. The van der Waals surface area contributed by atoms with E-state index in [4.69, 9.17) is 4.74 Å². The van der Waals surface area contributed by atoms with Crippen LogP contribution in [0.15, 0.2) is 18.2 Å². The summed E-state index contributed by atoms with van der Waals surface area (Å²) in [5.41, 5.74) is 1.78. The van der Waals surface area contributed by atoms with Gasteiger partial charge in [-0.1, -0.05) is 13.8 Å². The Hall–Kier alpha value is -1.55. The molecule has 1 unspecified atom stereocenters. The van der Waals surface area contributed by atoms with Gasteiger partial charge in [0.2, 0.25) is 5.91 Å². The Morgan fingerprint density at radius 3 is 3.00 bits per heavy atom. The summed E-state index contributed by atoms with van der Waals surface area (Å²) in [5, 5.41) is 6.42. The first kappa shape index (κ1) is 13.4. The minimum atomic E-state index is -0.282. The molecule has 0 aromatic heterocycles. The van der Waals surface area contributed by atoms with Gasteiger partial charge in [0, 0.05) is 18.7 Å². The van der Waals surface area contributed by atoms with Crippen molar-refractivity contribution >= 4 is 11.6 Å². The van der Waals surface area contributed by atoms with E-state index in [9.17, 15) is 4.79 Å². The third-order valence-electron chi connectivity index (χ3n) is 4.69. The molecule has 0 bridgehead atoms. The molecule has 20 heavy (non-hydrogen) atoms. The van der Waals surface area contributed by atoms with Crippen LogP contribution in [0.5, 0.6) is 5.75 Å². The van der Waals surface area contributed by atoms with Crippen LogP contribution in [-0.4, -0.2) is 25.6 Å². The summed E-state index contributed by atoms with van der Waals surface area (Å²) in [7, 11) is 0. The largest absolute Gasteiger partial charge is 0.493 e. The molecule has 1 fully saturated rings. The summed E-state index contributed by atoms with van der Waals surface area (Å²) in [6.45, 7) is 6.69. The van der Waals surface area contributed by atoms with Crippen molar-refractivity contribution < 1.29 is 9.53 Å². The van der Waals surface area contributed by atoms with Crippen LogP contribution < -0.4 is 15.4 Å². The minimum Gasteiger partial charge on any atom is -0.493 e. The zero-order valence-electron chi connectivity index (χ0n) is 12.2. The predicted octanol–water partition coefficient (Wildman–Crippen LogP) is 2.20. The summed E-state index contributed by atoms with van der Waals surface area (Å²) in [6, 6.07) is 5.92. The van der Waals surface area contributed by atoms with Crippen LogP contribution in [0.1, 0.15) is 25.8 Å². The van der Waals surface area contributed by atoms with Crippen molar-refractivity contribution in [3.05, 3.63) is 23.8 Å². The first-order chi connectivity index (χ1) is 9.62. The van der Waals surface area contributed by atoms with E-state index in [2.05, 4.69) is 24.5 Å². The first-order valence-corrected chi connectivity index (χ1v) is 7.40. The molecular weight excluding hydrogens is 252 g/mol. The number of carbonyl (C=O) groups excluding carboxylic acids is 1. The van der Waals surface area contributed by atoms with Crippen LogP contribution in [0.4, 0.5) is 5.69 Å². The van der Waals surface area contributed by atoms with Crippen molar-refractivity contribution in [3.8, 4) is 5.75 Å². The zero-order chi connectivity index (χ0) is 14.2. The van der Waals surface area contributed by atoms with Gasteiger partial charge in [0.05, 0.1) is 12.0 Å². The number of ether oxygens (including phenoxy) is 1. The Labute approximate surface area is 119 Å². The van der Waals surface area contributed by atoms with Gasteiger partial charge in [-0.2, -0.15) is 0 Å². The summed E-state index contributed by atoms with van der Waals surface area (Å²) in [5.74, 6) is 1.41. The van der Waals surface area contributed by atoms with Crippen LogP contribution in [0.3, 0.4) is 0 Å². The van der Waals surface area contributed by atoms with E-state index in [0.29, 0.717) is 5.92 Å². The van der Waals surface area contributed by atoms with Crippen molar-refractivity contribution in [1.82, 2.24) is 5.32 Å². The summed E-state index contributed by atoms with van der Waals surface area (Å²) < 4.78 is 5.49. The average molecular weight is 274 g/mol. The van der Waals surface area contributed by atoms with E-state index in [1.165, 1.54) is 5.56 Å². The van der Waals surface area contributed by atoms with E-state index < -0.39 is 0 Å². The lowest BCUT2D eigenvalue weighted by molar-refractivity contribution is -0.126. The highest BCUT2D eigenvalue weighted by atomic mass is 16.5. The monoisotopic (exact) mass is 274 g/mol. The summed E-state index contributed by atoms with van der Waals surface area (Å²) in [4.78, 5) is 12.7. The Morgan fingerprint density at radius 2 is 2.30 bits per heavy atom. The molecule has 1 saturated heterocycles. The van der Waals surface area contributed by atoms with Gasteiger partial charge in [-0.05, 0) is 42.6 Å². The predicted molar refractivity (Wildman–Crippen MR) is 79.0 cm³/mol. The molecule has 1 aromatic carbocycles. The second kappa shape index (κ2) is 5.09. The zero-order valence-corrected chi connectivity index (χ0v) is 12.2. The number of hydrogen-bond acceptors (Lipinski definition) is 3. The van der Waals surface area contributed by atoms with Crippen molar-refractivity contribution in [2.45, 2.75) is 26.7 Å². The molecule has 108 valence electrons. The van der Waals surface area contributed by atoms with E-state index in [0.717, 1.165) is 44.0 Å². The number of hydrogen-bond donors (Lipinski definition) is 2. The molecule has 3 rings (SSSR count). The highest BCUT2D eigenvalue weighted by molar-refractivity contribution is 5.96. The fraction of sp³-hybridized carbons (Fsp3) is 0.562. The number of fused-ring (bicyclic) bond motifs is 1. The lowest BCUT2D eigenvalue weighted by Gasteiger charge is -2.31. The minimum absolute atomic E-state index is 0.136. The van der Waals surface area contributed by atoms with E-state index in [1.54, 1.807) is 0 Å². The number of nitrogens with one attached hydrogen (secondary N) is 2. The van der Waals surface area contributed by atoms with Crippen molar-refractivity contribution in [1.29, 1.82) is 0 Å². The van der Waals surface area contributed by atoms with Crippen LogP contribution in [0.25, 0.3) is 0 Å². The number of amides is 1. The van der Waals surface area contributed by atoms with Crippen molar-refractivity contribution in [2.75, 3.05) is 25.0 Å². The van der Waals surface area contributed by atoms with E-state index >= 15 is 0 Å². The molecule has 1 amide bonds. The Morgan fingerprint density at radius 1 is 1.45 bits per heavy atom. The molecule has 2 heterocycles. The van der Waals surface area contributed by atoms with E-state index in [-0.39, 0.29) is 11.3 Å². The normalized spacial score (nSPS) is 24.6. The number of benzene rings is 1. The van der Waals surface area contributed by atoms with Crippen LogP contribution in [-0.2, 0) is 11.2 Å². The van der Waals surface area contributed by atoms with Gasteiger partial charge in [0.15, 0.2) is 0 Å². The Bertz CT molecular complexity index is 519. The van der Waals surface area contributed by atoms with Gasteiger partial charge >= 0.3 is 0 Å². The molecule has 1 atom stereocenters. The SMILES string of the molecule is CC(C)C1(C(=O)Nc2ccc3c(c2)CCO3)CCNC1. The number of anilines is 1. The molecule has 0 saturated carbocycles. The fourth-order valence-corrected chi connectivity index (χ4v) is 3.18. The molecule has 2 aliphatic heterocycles. The molecule has 2 N–H and O–H groups in total. The fourth-order valence-electron chi connectivity index (χ4n) is 3.18. The van der Waals surface area contributed by atoms with Crippen LogP contribution in [0, 0.1) is 11.3 Å². The average Bonchev–Trinajstić information content (AvgIpc) is 3.07. The lowest BCUT2D eigenvalue weighted by atomic mass is 9.75. The standard InChI is InChI=1S/C16H22N2O2/c1-11(2)16(6-7-17-10-16)15(19)18-13-3-4-14-12(9-13)5-8-20-14/h3-4,9,11,17H,5-8,10H2,1-2H3,(H,18,19). The molecule has 4 nitrogen and oxygen atoms in total. The van der Waals surface area contributed by atoms with Gasteiger partial charge in [-0.25, -0.2) is 0 Å². The highest BCUT2D eigenvalue weighted by Gasteiger charge is 2.43. The molecule has 0 radical (unpaired) electrons. The van der Waals surface area contributed by atoms with Gasteiger partial charge in [-0.3, -0.25) is 4.79 Å². The molecular formula is C16H22N2O2. The van der Waals surface area contributed by atoms with Gasteiger partial charge < -0.3 is 15.4 Å². The van der Waals surface area contributed by atoms with Crippen molar-refractivity contribution in [2.24, 2.45) is 11.3 Å². The molecule has 4 heteroatoms. The summed E-state index contributed by atoms with van der Waals surface area (Å²) in [6.07, 6.45) is 1.83. The summed E-state index contributed by atoms with van der Waals surface area (Å²) >= 11 is 0. The third kappa shape index (κ3) is 2.18. The number of carbonyl (C=O) groups is 1. The van der Waals surface area contributed by atoms with E-state index in [1.807, 2.05) is 18.2 Å². The van der Waals surface area contributed by atoms with Gasteiger partial charge in [0.1, 0.15) is 5.75 Å². The molecule has 0 spiro atoms. The molecule has 2 aliphatic rings. The number of rotatable bonds is 3. The maximum absolute atomic E-state index is 12.7. The molecule has 1 aromatic rings. The van der Waals surface area contributed by atoms with Crippen LogP contribution >= 0.6 is 0 Å². The first-order valence-electron chi connectivity index (χ1n) is 7.40. The van der Waals surface area contributed by atoms with Crippen LogP contribution in [0.2, 0.25) is 0 Å². The smallest absolute Gasteiger partial charge is 0.232 e. The Kier molecular flexibility index (Phi) is 3.42.